The Balaban J connectivity index is 2.19. The fourth-order valence-corrected chi connectivity index (χ4v) is 4.49. The first-order valence-electron chi connectivity index (χ1n) is 7.91. The molecule has 100 valence electrons. The van der Waals surface area contributed by atoms with Crippen LogP contribution in [0.4, 0.5) is 0 Å². The van der Waals surface area contributed by atoms with Gasteiger partial charge in [-0.05, 0) is 62.9 Å². The maximum Gasteiger partial charge on any atom is 0.00926 e. The SMILES string of the molecule is CCC1CC(C)C(C)N2CCC(CC2)C1CC. The smallest absolute Gasteiger partial charge is 0.00926 e. The predicted octanol–water partition coefficient (Wildman–Crippen LogP) is 4.18. The van der Waals surface area contributed by atoms with Gasteiger partial charge >= 0.3 is 0 Å². The third kappa shape index (κ3) is 2.70. The van der Waals surface area contributed by atoms with Crippen LogP contribution in [0.25, 0.3) is 0 Å². The Hall–Kier alpha value is -0.0400. The molecular formula is C16H31N. The standard InChI is InChI=1S/C16H31N/c1-5-14-11-12(3)13(4)17-9-7-15(8-10-17)16(14)6-2/h12-16H,5-11H2,1-4H3. The fraction of sp³-hybridized carbons (Fsp3) is 1.00. The van der Waals surface area contributed by atoms with Crippen molar-refractivity contribution in [2.24, 2.45) is 23.7 Å². The van der Waals surface area contributed by atoms with Gasteiger partial charge in [-0.15, -0.1) is 0 Å². The molecule has 4 unspecified atom stereocenters. The average molecular weight is 237 g/mol. The summed E-state index contributed by atoms with van der Waals surface area (Å²) in [5, 5.41) is 0. The van der Waals surface area contributed by atoms with Crippen molar-refractivity contribution in [3.63, 3.8) is 0 Å². The highest BCUT2D eigenvalue weighted by Gasteiger charge is 2.36. The van der Waals surface area contributed by atoms with Gasteiger partial charge in [0.2, 0.25) is 0 Å². The van der Waals surface area contributed by atoms with Gasteiger partial charge in [0, 0.05) is 6.04 Å². The van der Waals surface area contributed by atoms with E-state index in [2.05, 4.69) is 32.6 Å². The Labute approximate surface area is 108 Å². The quantitative estimate of drug-likeness (QED) is 0.696. The molecule has 0 N–H and O–H groups in total. The predicted molar refractivity (Wildman–Crippen MR) is 75.1 cm³/mol. The minimum atomic E-state index is 0.806. The van der Waals surface area contributed by atoms with E-state index in [1.165, 1.54) is 45.2 Å². The van der Waals surface area contributed by atoms with E-state index in [9.17, 15) is 0 Å². The highest BCUT2D eigenvalue weighted by Crippen LogP contribution is 2.40. The fourth-order valence-electron chi connectivity index (χ4n) is 4.49. The van der Waals surface area contributed by atoms with Crippen LogP contribution in [0.2, 0.25) is 0 Å². The maximum absolute atomic E-state index is 2.76. The highest BCUT2D eigenvalue weighted by molar-refractivity contribution is 4.88. The van der Waals surface area contributed by atoms with Gasteiger partial charge < -0.3 is 4.90 Å². The Bertz CT molecular complexity index is 230. The summed E-state index contributed by atoms with van der Waals surface area (Å²) in [6.07, 6.45) is 7.19. The topological polar surface area (TPSA) is 3.24 Å². The van der Waals surface area contributed by atoms with Crippen molar-refractivity contribution in [2.75, 3.05) is 13.1 Å². The molecule has 1 nitrogen and oxygen atoms in total. The molecular weight excluding hydrogens is 206 g/mol. The summed E-state index contributed by atoms with van der Waals surface area (Å²) in [5.74, 6) is 3.90. The molecule has 0 saturated carbocycles. The van der Waals surface area contributed by atoms with E-state index < -0.39 is 0 Å². The molecule has 0 aromatic rings. The summed E-state index contributed by atoms with van der Waals surface area (Å²) in [6.45, 7) is 12.5. The van der Waals surface area contributed by atoms with Crippen molar-refractivity contribution >= 4 is 0 Å². The van der Waals surface area contributed by atoms with Crippen molar-refractivity contribution in [1.29, 1.82) is 0 Å². The van der Waals surface area contributed by atoms with E-state index in [1.807, 2.05) is 0 Å². The second-order valence-electron chi connectivity index (χ2n) is 6.57. The van der Waals surface area contributed by atoms with Crippen molar-refractivity contribution in [2.45, 2.75) is 65.8 Å². The van der Waals surface area contributed by atoms with Gasteiger partial charge in [-0.25, -0.2) is 0 Å². The van der Waals surface area contributed by atoms with E-state index in [-0.39, 0.29) is 0 Å². The lowest BCUT2D eigenvalue weighted by Gasteiger charge is -2.38. The third-order valence-corrected chi connectivity index (χ3v) is 5.86. The molecule has 3 fully saturated rings. The summed E-state index contributed by atoms with van der Waals surface area (Å²) >= 11 is 0. The minimum absolute atomic E-state index is 0.806. The number of hydrogen-bond donors (Lipinski definition) is 0. The molecule has 0 amide bonds. The second-order valence-corrected chi connectivity index (χ2v) is 6.57. The lowest BCUT2D eigenvalue weighted by molar-refractivity contribution is 0.104. The van der Waals surface area contributed by atoms with Crippen molar-refractivity contribution in [1.82, 2.24) is 4.90 Å². The summed E-state index contributed by atoms with van der Waals surface area (Å²) in [4.78, 5) is 2.76. The number of rotatable bonds is 2. The molecule has 0 aromatic carbocycles. The van der Waals surface area contributed by atoms with Gasteiger partial charge in [0.1, 0.15) is 0 Å². The Morgan fingerprint density at radius 1 is 1.00 bits per heavy atom. The number of piperidine rings is 1. The van der Waals surface area contributed by atoms with Gasteiger partial charge in [-0.1, -0.05) is 33.6 Å². The monoisotopic (exact) mass is 237 g/mol. The first kappa shape index (κ1) is 13.4. The lowest BCUT2D eigenvalue weighted by Crippen LogP contribution is -2.42. The Morgan fingerprint density at radius 2 is 1.65 bits per heavy atom. The summed E-state index contributed by atoms with van der Waals surface area (Å²) in [7, 11) is 0. The molecule has 0 radical (unpaired) electrons. The van der Waals surface area contributed by atoms with Crippen LogP contribution in [0.5, 0.6) is 0 Å². The third-order valence-electron chi connectivity index (χ3n) is 5.86. The van der Waals surface area contributed by atoms with Gasteiger partial charge in [-0.3, -0.25) is 0 Å². The number of nitrogens with zero attached hydrogens (tertiary/aromatic N) is 1. The molecule has 3 heterocycles. The Morgan fingerprint density at radius 3 is 2.18 bits per heavy atom. The van der Waals surface area contributed by atoms with Crippen molar-refractivity contribution in [3.05, 3.63) is 0 Å². The molecule has 1 heteroatoms. The van der Waals surface area contributed by atoms with E-state index in [4.69, 9.17) is 0 Å². The van der Waals surface area contributed by atoms with Crippen LogP contribution < -0.4 is 0 Å². The minimum Gasteiger partial charge on any atom is -0.300 e. The Kier molecular flexibility index (Phi) is 4.52. The van der Waals surface area contributed by atoms with Gasteiger partial charge in [0.25, 0.3) is 0 Å². The van der Waals surface area contributed by atoms with Crippen molar-refractivity contribution < 1.29 is 0 Å². The molecule has 3 aliphatic heterocycles. The lowest BCUT2D eigenvalue weighted by atomic mass is 9.72. The molecule has 4 atom stereocenters. The zero-order valence-electron chi connectivity index (χ0n) is 12.3. The normalized spacial score (nSPS) is 47.3. The van der Waals surface area contributed by atoms with Crippen LogP contribution in [-0.4, -0.2) is 24.0 Å². The molecule has 0 spiro atoms. The van der Waals surface area contributed by atoms with Crippen molar-refractivity contribution in [3.8, 4) is 0 Å². The number of hydrogen-bond acceptors (Lipinski definition) is 1. The zero-order valence-corrected chi connectivity index (χ0v) is 12.3. The molecule has 0 aromatic heterocycles. The molecule has 2 bridgehead atoms. The van der Waals surface area contributed by atoms with E-state index >= 15 is 0 Å². The summed E-state index contributed by atoms with van der Waals surface area (Å²) in [5.41, 5.74) is 0. The zero-order chi connectivity index (χ0) is 12.4. The first-order chi connectivity index (χ1) is 8.17. The van der Waals surface area contributed by atoms with Gasteiger partial charge in [-0.2, -0.15) is 0 Å². The largest absolute Gasteiger partial charge is 0.300 e. The van der Waals surface area contributed by atoms with Crippen LogP contribution >= 0.6 is 0 Å². The number of fused-ring (bicyclic) bond motifs is 6. The first-order valence-corrected chi connectivity index (χ1v) is 7.91. The van der Waals surface area contributed by atoms with E-state index in [1.54, 1.807) is 0 Å². The van der Waals surface area contributed by atoms with Crippen LogP contribution in [0.15, 0.2) is 0 Å². The van der Waals surface area contributed by atoms with E-state index in [0.29, 0.717) is 0 Å². The van der Waals surface area contributed by atoms with Crippen LogP contribution in [-0.2, 0) is 0 Å². The van der Waals surface area contributed by atoms with Crippen LogP contribution in [0, 0.1) is 23.7 Å². The molecule has 3 saturated heterocycles. The van der Waals surface area contributed by atoms with Gasteiger partial charge in [0.15, 0.2) is 0 Å². The second kappa shape index (κ2) is 5.73. The van der Waals surface area contributed by atoms with Crippen LogP contribution in [0.1, 0.15) is 59.8 Å². The molecule has 3 aliphatic rings. The van der Waals surface area contributed by atoms with Gasteiger partial charge in [0.05, 0.1) is 0 Å². The summed E-state index contributed by atoms with van der Waals surface area (Å²) < 4.78 is 0. The highest BCUT2D eigenvalue weighted by atomic mass is 15.2. The maximum atomic E-state index is 2.76. The molecule has 3 rings (SSSR count). The molecule has 0 aliphatic carbocycles. The van der Waals surface area contributed by atoms with E-state index in [0.717, 1.165) is 29.7 Å². The van der Waals surface area contributed by atoms with Crippen LogP contribution in [0.3, 0.4) is 0 Å². The molecule has 17 heavy (non-hydrogen) atoms. The average Bonchev–Trinajstić information content (AvgIpc) is 2.44. The summed E-state index contributed by atoms with van der Waals surface area (Å²) in [6, 6.07) is 0.806.